The third kappa shape index (κ3) is 4.68. The van der Waals surface area contributed by atoms with Gasteiger partial charge in [0.05, 0.1) is 10.3 Å². The van der Waals surface area contributed by atoms with Gasteiger partial charge < -0.3 is 9.84 Å². The number of hydrogen-bond donors (Lipinski definition) is 2. The maximum Gasteiger partial charge on any atom is 0.263 e. The van der Waals surface area contributed by atoms with Crippen LogP contribution in [0.3, 0.4) is 0 Å². The molecule has 0 radical (unpaired) electrons. The van der Waals surface area contributed by atoms with E-state index in [0.29, 0.717) is 24.3 Å². The normalized spacial score (nSPS) is 22.7. The second kappa shape index (κ2) is 9.88. The van der Waals surface area contributed by atoms with E-state index in [1.165, 1.54) is 35.2 Å². The van der Waals surface area contributed by atoms with Gasteiger partial charge in [0.25, 0.3) is 10.0 Å². The van der Waals surface area contributed by atoms with Gasteiger partial charge in [-0.05, 0) is 55.0 Å². The Kier molecular flexibility index (Phi) is 6.81. The molecule has 3 unspecified atom stereocenters. The number of anilines is 2. The summed E-state index contributed by atoms with van der Waals surface area (Å²) in [4.78, 5) is 42.4. The summed E-state index contributed by atoms with van der Waals surface area (Å²) >= 11 is 0. The summed E-state index contributed by atoms with van der Waals surface area (Å²) < 4.78 is 32.7. The largest absolute Gasteiger partial charge is 0.360 e. The summed E-state index contributed by atoms with van der Waals surface area (Å²) in [5.74, 6) is -1.02. The van der Waals surface area contributed by atoms with Gasteiger partial charge in [-0.3, -0.25) is 24.0 Å². The molecule has 2 N–H and O–H groups in total. The molecule has 5 rings (SSSR count). The first-order chi connectivity index (χ1) is 18.8. The van der Waals surface area contributed by atoms with E-state index >= 15 is 0 Å². The van der Waals surface area contributed by atoms with Crippen molar-refractivity contribution in [2.75, 3.05) is 10.0 Å². The predicted octanol–water partition coefficient (Wildman–Crippen LogP) is 4.14. The molecule has 2 heterocycles. The molecule has 40 heavy (non-hydrogen) atoms. The summed E-state index contributed by atoms with van der Waals surface area (Å²) in [5.41, 5.74) is -0.135. The molecule has 1 aliphatic carbocycles. The van der Waals surface area contributed by atoms with Crippen LogP contribution in [-0.2, 0) is 30.8 Å². The molecule has 3 atom stereocenters. The zero-order valence-corrected chi connectivity index (χ0v) is 23.6. The summed E-state index contributed by atoms with van der Waals surface area (Å²) in [6, 6.07) is 15.2. The van der Waals surface area contributed by atoms with Crippen molar-refractivity contribution in [3.05, 3.63) is 72.0 Å². The number of likely N-dealkylation sites (tertiary alicyclic amines) is 1. The Balaban J connectivity index is 1.40. The van der Waals surface area contributed by atoms with Gasteiger partial charge in [0, 0.05) is 24.1 Å². The molecular formula is C29H32N4O6S. The first kappa shape index (κ1) is 27.6. The van der Waals surface area contributed by atoms with Gasteiger partial charge in [-0.1, -0.05) is 56.3 Å². The highest BCUT2D eigenvalue weighted by molar-refractivity contribution is 7.92. The van der Waals surface area contributed by atoms with Crippen LogP contribution >= 0.6 is 0 Å². The van der Waals surface area contributed by atoms with Crippen molar-refractivity contribution in [1.82, 2.24) is 10.1 Å². The lowest BCUT2D eigenvalue weighted by Crippen LogP contribution is -2.64. The maximum absolute atomic E-state index is 13.9. The van der Waals surface area contributed by atoms with Crippen molar-refractivity contribution in [1.29, 1.82) is 0 Å². The van der Waals surface area contributed by atoms with Crippen LogP contribution in [0.25, 0.3) is 0 Å². The number of nitrogens with zero attached hydrogens (tertiary/aromatic N) is 2. The van der Waals surface area contributed by atoms with E-state index in [4.69, 9.17) is 4.52 Å². The molecule has 1 aromatic heterocycles. The van der Waals surface area contributed by atoms with Crippen molar-refractivity contribution < 1.29 is 27.3 Å². The Labute approximate surface area is 233 Å². The molecule has 0 spiro atoms. The zero-order chi connectivity index (χ0) is 28.9. The molecule has 3 amide bonds. The van der Waals surface area contributed by atoms with E-state index in [1.807, 2.05) is 51.1 Å². The number of amides is 3. The molecular weight excluding hydrogens is 532 g/mol. The van der Waals surface area contributed by atoms with E-state index in [2.05, 4.69) is 15.2 Å². The van der Waals surface area contributed by atoms with Gasteiger partial charge in [-0.15, -0.1) is 0 Å². The molecule has 2 aromatic carbocycles. The number of rotatable bonds is 8. The highest BCUT2D eigenvalue weighted by Crippen LogP contribution is 2.60. The van der Waals surface area contributed by atoms with Crippen LogP contribution in [-0.4, -0.2) is 42.2 Å². The van der Waals surface area contributed by atoms with Crippen LogP contribution in [0, 0.1) is 23.7 Å². The van der Waals surface area contributed by atoms with E-state index in [1.54, 1.807) is 6.92 Å². The number of sulfonamides is 1. The minimum atomic E-state index is -3.94. The zero-order valence-electron chi connectivity index (χ0n) is 22.8. The Morgan fingerprint density at radius 3 is 2.40 bits per heavy atom. The smallest absolute Gasteiger partial charge is 0.263 e. The molecule has 1 saturated heterocycles. The van der Waals surface area contributed by atoms with Crippen molar-refractivity contribution in [3.8, 4) is 0 Å². The van der Waals surface area contributed by atoms with Crippen molar-refractivity contribution in [3.63, 3.8) is 0 Å². The van der Waals surface area contributed by atoms with Gasteiger partial charge in [0.15, 0.2) is 5.82 Å². The molecule has 2 bridgehead atoms. The molecule has 210 valence electrons. The fourth-order valence-electron chi connectivity index (χ4n) is 5.84. The van der Waals surface area contributed by atoms with Crippen LogP contribution < -0.4 is 10.0 Å². The average molecular weight is 565 g/mol. The number of aromatic nitrogens is 1. The number of benzene rings is 2. The van der Waals surface area contributed by atoms with Crippen molar-refractivity contribution >= 4 is 39.3 Å². The second-order valence-corrected chi connectivity index (χ2v) is 13.0. The van der Waals surface area contributed by atoms with Crippen LogP contribution in [0.4, 0.5) is 11.5 Å². The van der Waals surface area contributed by atoms with Gasteiger partial charge in [-0.25, -0.2) is 8.42 Å². The minimum Gasteiger partial charge on any atom is -0.360 e. The Morgan fingerprint density at radius 1 is 1.10 bits per heavy atom. The first-order valence-corrected chi connectivity index (χ1v) is 14.6. The Morgan fingerprint density at radius 2 is 1.77 bits per heavy atom. The monoisotopic (exact) mass is 564 g/mol. The fourth-order valence-corrected chi connectivity index (χ4v) is 6.82. The van der Waals surface area contributed by atoms with E-state index in [-0.39, 0.29) is 34.9 Å². The van der Waals surface area contributed by atoms with Gasteiger partial charge in [0.1, 0.15) is 11.8 Å². The lowest BCUT2D eigenvalue weighted by atomic mass is 9.62. The number of hydrogen-bond acceptors (Lipinski definition) is 7. The topological polar surface area (TPSA) is 139 Å². The summed E-state index contributed by atoms with van der Waals surface area (Å²) in [6.45, 7) is 7.45. The Bertz CT molecular complexity index is 1570. The van der Waals surface area contributed by atoms with Gasteiger partial charge in [0.2, 0.25) is 17.7 Å². The highest BCUT2D eigenvalue weighted by Gasteiger charge is 2.65. The van der Waals surface area contributed by atoms with Crippen LogP contribution in [0.2, 0.25) is 0 Å². The number of carbonyl (C=O) groups excluding carboxylic acids is 3. The maximum atomic E-state index is 13.9. The molecule has 1 aliphatic heterocycles. The number of imide groups is 1. The van der Waals surface area contributed by atoms with Crippen LogP contribution in [0.15, 0.2) is 70.1 Å². The Hall–Kier alpha value is -3.99. The molecule has 2 fully saturated rings. The number of aryl methyl sites for hydroxylation is 1. The third-order valence-corrected chi connectivity index (χ3v) is 10.0. The van der Waals surface area contributed by atoms with E-state index in [9.17, 15) is 22.8 Å². The van der Waals surface area contributed by atoms with E-state index < -0.39 is 32.8 Å². The SMILES string of the molecule is Cc1cc(NS(=O)(=O)c2ccc(NC(=O)C(Cc3ccccc3)N3C(=O)C4CCC(C)(C3=O)C4(C)C)cc2)no1. The molecule has 3 aromatic rings. The van der Waals surface area contributed by atoms with Crippen LogP contribution in [0.1, 0.15) is 44.9 Å². The average Bonchev–Trinajstić information content (AvgIpc) is 3.39. The fraction of sp³-hybridized carbons (Fsp3) is 0.379. The number of carbonyl (C=O) groups is 3. The predicted molar refractivity (Wildman–Crippen MR) is 148 cm³/mol. The minimum absolute atomic E-state index is 0.0416. The van der Waals surface area contributed by atoms with E-state index in [0.717, 1.165) is 5.56 Å². The quantitative estimate of drug-likeness (QED) is 0.392. The number of nitrogens with one attached hydrogen (secondary N) is 2. The molecule has 11 heteroatoms. The van der Waals surface area contributed by atoms with Gasteiger partial charge in [-0.2, -0.15) is 0 Å². The van der Waals surface area contributed by atoms with Crippen molar-refractivity contribution in [2.45, 2.75) is 57.9 Å². The molecule has 10 nitrogen and oxygen atoms in total. The van der Waals surface area contributed by atoms with Crippen molar-refractivity contribution in [2.24, 2.45) is 16.7 Å². The molecule has 1 saturated carbocycles. The first-order valence-electron chi connectivity index (χ1n) is 13.1. The third-order valence-electron chi connectivity index (χ3n) is 8.64. The summed E-state index contributed by atoms with van der Waals surface area (Å²) in [6.07, 6.45) is 1.34. The lowest BCUT2D eigenvalue weighted by molar-refractivity contribution is -0.172. The summed E-state index contributed by atoms with van der Waals surface area (Å²) in [5, 5.41) is 6.43. The summed E-state index contributed by atoms with van der Waals surface area (Å²) in [7, 11) is -3.94. The molecule has 2 aliphatic rings. The number of piperidine rings is 1. The lowest BCUT2D eigenvalue weighted by Gasteiger charge is -2.49. The standard InChI is InChI=1S/C29H32N4O6S/c1-18-16-24(31-39-18)32-40(37,38)21-12-10-20(11-13-21)30-25(34)23(17-19-8-6-5-7-9-19)33-26(35)22-14-15-29(4,27(33)36)28(22,2)3/h5-13,16,22-23H,14-15,17H2,1-4H3,(H,30,34)(H,31,32). The second-order valence-electron chi connectivity index (χ2n) is 11.3. The van der Waals surface area contributed by atoms with Crippen LogP contribution in [0.5, 0.6) is 0 Å². The van der Waals surface area contributed by atoms with Gasteiger partial charge >= 0.3 is 0 Å². The number of fused-ring (bicyclic) bond motifs is 2. The highest BCUT2D eigenvalue weighted by atomic mass is 32.2.